The molecule has 0 fully saturated rings. The molecule has 0 spiro atoms. The summed E-state index contributed by atoms with van der Waals surface area (Å²) < 4.78 is 0. The topological polar surface area (TPSA) is 40.5 Å². The minimum absolute atomic E-state index is 0.386. The smallest absolute Gasteiger partial charge is 0.133 e. The standard InChI is InChI=1S/C30H44O2/c1-3-5-26-30(32)28-25-23-21-19-17-15-13-11-9-7-6-8-10-12-14-16-18-20-22-24-27-29(31)4-2/h1-2,5,7,9,24,26-27,29-32H,6,11-23,25,28H2/b9-7-,26-5-,27-24+/t29-,30-/m1/s1. The zero-order valence-electron chi connectivity index (χ0n) is 20.0. The van der Waals surface area contributed by atoms with Crippen molar-refractivity contribution in [1.82, 2.24) is 0 Å². The average molecular weight is 437 g/mol. The second kappa shape index (κ2) is 25.1. The Morgan fingerprint density at radius 1 is 0.656 bits per heavy atom. The van der Waals surface area contributed by atoms with Crippen LogP contribution >= 0.6 is 0 Å². The van der Waals surface area contributed by atoms with E-state index in [4.69, 9.17) is 12.8 Å². The Balaban J connectivity index is 3.34. The van der Waals surface area contributed by atoms with Crippen LogP contribution < -0.4 is 0 Å². The van der Waals surface area contributed by atoms with Crippen LogP contribution in [-0.4, -0.2) is 22.4 Å². The largest absolute Gasteiger partial charge is 0.389 e. The van der Waals surface area contributed by atoms with Gasteiger partial charge < -0.3 is 10.2 Å². The maximum Gasteiger partial charge on any atom is 0.133 e. The van der Waals surface area contributed by atoms with Gasteiger partial charge in [-0.25, -0.2) is 0 Å². The molecule has 0 aliphatic carbocycles. The van der Waals surface area contributed by atoms with Gasteiger partial charge >= 0.3 is 0 Å². The summed E-state index contributed by atoms with van der Waals surface area (Å²) in [4.78, 5) is 0. The molecular weight excluding hydrogens is 392 g/mol. The first-order valence-corrected chi connectivity index (χ1v) is 12.4. The molecule has 2 nitrogen and oxygen atoms in total. The number of rotatable bonds is 19. The van der Waals surface area contributed by atoms with E-state index < -0.39 is 6.10 Å². The van der Waals surface area contributed by atoms with E-state index in [0.29, 0.717) is 0 Å². The Hall–Kier alpha value is -2.18. The number of terminal acetylenes is 2. The van der Waals surface area contributed by atoms with E-state index >= 15 is 0 Å². The minimum Gasteiger partial charge on any atom is -0.389 e. The van der Waals surface area contributed by atoms with Crippen LogP contribution in [0.5, 0.6) is 0 Å². The van der Waals surface area contributed by atoms with Crippen molar-refractivity contribution in [3.8, 4) is 36.5 Å². The first-order valence-electron chi connectivity index (χ1n) is 12.4. The van der Waals surface area contributed by atoms with Crippen molar-refractivity contribution in [2.75, 3.05) is 0 Å². The lowest BCUT2D eigenvalue weighted by atomic mass is 10.1. The van der Waals surface area contributed by atoms with Crippen LogP contribution in [0.15, 0.2) is 36.5 Å². The maximum atomic E-state index is 9.65. The first kappa shape index (κ1) is 29.8. The summed E-state index contributed by atoms with van der Waals surface area (Å²) in [7, 11) is 0. The van der Waals surface area contributed by atoms with Gasteiger partial charge in [-0.2, -0.15) is 0 Å². The Morgan fingerprint density at radius 2 is 1.28 bits per heavy atom. The van der Waals surface area contributed by atoms with Crippen molar-refractivity contribution >= 4 is 0 Å². The van der Waals surface area contributed by atoms with Gasteiger partial charge in [-0.05, 0) is 56.8 Å². The van der Waals surface area contributed by atoms with E-state index in [1.165, 1.54) is 51.4 Å². The lowest BCUT2D eigenvalue weighted by molar-refractivity contribution is 0.208. The van der Waals surface area contributed by atoms with E-state index in [1.54, 1.807) is 18.2 Å². The van der Waals surface area contributed by atoms with Gasteiger partial charge in [-0.15, -0.1) is 18.8 Å². The third-order valence-electron chi connectivity index (χ3n) is 5.21. The van der Waals surface area contributed by atoms with Crippen molar-refractivity contribution in [2.24, 2.45) is 0 Å². The molecule has 0 unspecified atom stereocenters. The molecule has 2 atom stereocenters. The van der Waals surface area contributed by atoms with E-state index in [2.05, 4.69) is 35.8 Å². The molecule has 2 heteroatoms. The fourth-order valence-electron chi connectivity index (χ4n) is 3.29. The lowest BCUT2D eigenvalue weighted by Gasteiger charge is -2.04. The summed E-state index contributed by atoms with van der Waals surface area (Å²) in [5.41, 5.74) is 0. The summed E-state index contributed by atoms with van der Waals surface area (Å²) in [6.45, 7) is 0. The molecule has 0 aliphatic rings. The fourth-order valence-corrected chi connectivity index (χ4v) is 3.29. The maximum absolute atomic E-state index is 9.65. The highest BCUT2D eigenvalue weighted by Gasteiger charge is 1.98. The van der Waals surface area contributed by atoms with Crippen LogP contribution in [-0.2, 0) is 0 Å². The molecule has 0 amide bonds. The summed E-state index contributed by atoms with van der Waals surface area (Å²) in [6, 6.07) is 0. The Labute approximate surface area is 198 Å². The molecule has 0 bridgehead atoms. The number of hydrogen-bond acceptors (Lipinski definition) is 2. The molecule has 32 heavy (non-hydrogen) atoms. The van der Waals surface area contributed by atoms with E-state index in [-0.39, 0.29) is 6.10 Å². The summed E-state index contributed by atoms with van der Waals surface area (Å²) in [6.07, 6.45) is 38.6. The van der Waals surface area contributed by atoms with Gasteiger partial charge in [-0.3, -0.25) is 0 Å². The molecule has 2 N–H and O–H groups in total. The van der Waals surface area contributed by atoms with Crippen LogP contribution in [0.1, 0.15) is 103 Å². The quantitative estimate of drug-likeness (QED) is 0.131. The van der Waals surface area contributed by atoms with Crippen molar-refractivity contribution < 1.29 is 10.2 Å². The fraction of sp³-hybridized carbons (Fsp3) is 0.600. The van der Waals surface area contributed by atoms with Gasteiger partial charge in [0.05, 0.1) is 6.10 Å². The Bertz CT molecular complexity index is 645. The van der Waals surface area contributed by atoms with E-state index in [0.717, 1.165) is 51.4 Å². The van der Waals surface area contributed by atoms with Crippen LogP contribution in [0.4, 0.5) is 0 Å². The van der Waals surface area contributed by atoms with Gasteiger partial charge in [0.15, 0.2) is 0 Å². The van der Waals surface area contributed by atoms with E-state index in [1.807, 2.05) is 6.08 Å². The van der Waals surface area contributed by atoms with Gasteiger partial charge in [0.1, 0.15) is 6.10 Å². The molecule has 0 saturated carbocycles. The third-order valence-corrected chi connectivity index (χ3v) is 5.21. The predicted octanol–water partition coefficient (Wildman–Crippen LogP) is 6.89. The monoisotopic (exact) mass is 436 g/mol. The number of allylic oxidation sites excluding steroid dienone is 4. The van der Waals surface area contributed by atoms with Gasteiger partial charge in [0.25, 0.3) is 0 Å². The Morgan fingerprint density at radius 3 is 1.97 bits per heavy atom. The molecule has 0 radical (unpaired) electrons. The molecule has 0 aromatic carbocycles. The summed E-state index contributed by atoms with van der Waals surface area (Å²) >= 11 is 0. The molecule has 0 aliphatic heterocycles. The second-order valence-corrected chi connectivity index (χ2v) is 8.17. The number of hydrogen-bond donors (Lipinski definition) is 2. The molecule has 0 aromatic rings. The molecule has 0 heterocycles. The molecule has 0 saturated heterocycles. The number of unbranched alkanes of at least 4 members (excludes halogenated alkanes) is 12. The van der Waals surface area contributed by atoms with Crippen LogP contribution in [0.25, 0.3) is 0 Å². The molecule has 176 valence electrons. The van der Waals surface area contributed by atoms with Crippen LogP contribution in [0.3, 0.4) is 0 Å². The molecule has 0 rings (SSSR count). The predicted molar refractivity (Wildman–Crippen MR) is 139 cm³/mol. The van der Waals surface area contributed by atoms with Crippen molar-refractivity contribution in [2.45, 2.75) is 115 Å². The molecular formula is C30H44O2. The Kier molecular flexibility index (Phi) is 23.4. The van der Waals surface area contributed by atoms with Gasteiger partial charge in [0.2, 0.25) is 0 Å². The zero-order valence-corrected chi connectivity index (χ0v) is 20.0. The van der Waals surface area contributed by atoms with Crippen molar-refractivity contribution in [3.63, 3.8) is 0 Å². The third kappa shape index (κ3) is 24.1. The zero-order chi connectivity index (χ0) is 23.5. The van der Waals surface area contributed by atoms with Gasteiger partial charge in [-0.1, -0.05) is 87.4 Å². The van der Waals surface area contributed by atoms with Crippen molar-refractivity contribution in [1.29, 1.82) is 0 Å². The highest BCUT2D eigenvalue weighted by atomic mass is 16.3. The van der Waals surface area contributed by atoms with Crippen LogP contribution in [0, 0.1) is 36.5 Å². The van der Waals surface area contributed by atoms with Crippen molar-refractivity contribution in [3.05, 3.63) is 36.5 Å². The normalized spacial score (nSPS) is 13.1. The molecule has 0 aromatic heterocycles. The summed E-state index contributed by atoms with van der Waals surface area (Å²) in [5.74, 6) is 11.2. The highest BCUT2D eigenvalue weighted by Crippen LogP contribution is 2.11. The highest BCUT2D eigenvalue weighted by molar-refractivity contribution is 5.10. The average Bonchev–Trinajstić information content (AvgIpc) is 2.80. The number of aliphatic hydroxyl groups excluding tert-OH is 2. The lowest BCUT2D eigenvalue weighted by Crippen LogP contribution is -2.01. The second-order valence-electron chi connectivity index (χ2n) is 8.17. The SMILES string of the molecule is C#C/C=C\[C@@H](O)CCCCCCCCC/C=C\CC#CCCCCCC/C=C/[C@H](O)C#C. The van der Waals surface area contributed by atoms with E-state index in [9.17, 15) is 10.2 Å². The minimum atomic E-state index is -0.741. The number of aliphatic hydroxyl groups is 2. The van der Waals surface area contributed by atoms with Gasteiger partial charge in [0, 0.05) is 12.8 Å². The summed E-state index contributed by atoms with van der Waals surface area (Å²) in [5, 5.41) is 18.8. The van der Waals surface area contributed by atoms with Crippen LogP contribution in [0.2, 0.25) is 0 Å². The first-order chi connectivity index (χ1) is 15.7.